The number of halogens is 2. The third-order valence-corrected chi connectivity index (χ3v) is 3.43. The van der Waals surface area contributed by atoms with Crippen LogP contribution in [0.5, 0.6) is 0 Å². The molecule has 0 aliphatic rings. The molecule has 0 fully saturated rings. The Kier molecular flexibility index (Phi) is 7.16. The molecule has 118 valence electrons. The molecule has 0 saturated carbocycles. The average molecular weight is 423 g/mol. The van der Waals surface area contributed by atoms with Crippen molar-refractivity contribution in [1.29, 1.82) is 0 Å². The number of ether oxygens (including phenoxy) is 2. The summed E-state index contributed by atoms with van der Waals surface area (Å²) >= 11 is 6.90. The third kappa shape index (κ3) is 7.29. The van der Waals surface area contributed by atoms with Gasteiger partial charge in [0.2, 0.25) is 0 Å². The molecule has 0 aliphatic carbocycles. The average Bonchev–Trinajstić information content (AvgIpc) is 2.30. The normalized spacial score (nSPS) is 11.3. The van der Waals surface area contributed by atoms with Crippen LogP contribution in [0.15, 0.2) is 27.1 Å². The van der Waals surface area contributed by atoms with E-state index in [4.69, 9.17) is 9.47 Å². The van der Waals surface area contributed by atoms with E-state index in [0.717, 1.165) is 14.5 Å². The summed E-state index contributed by atoms with van der Waals surface area (Å²) in [5, 5.41) is 0. The summed E-state index contributed by atoms with van der Waals surface area (Å²) in [5.41, 5.74) is 0.499. The first-order chi connectivity index (χ1) is 9.71. The van der Waals surface area contributed by atoms with Gasteiger partial charge in [0.1, 0.15) is 5.60 Å². The van der Waals surface area contributed by atoms with Crippen LogP contribution in [0.4, 0.5) is 4.79 Å². The SMILES string of the molecule is COCCN(Cc1cc(Br)cc(Br)c1)C(=O)OC(C)(C)C. The Bertz CT molecular complexity index is 466. The molecule has 1 aromatic rings. The summed E-state index contributed by atoms with van der Waals surface area (Å²) in [6.07, 6.45) is -0.337. The fourth-order valence-electron chi connectivity index (χ4n) is 1.69. The zero-order valence-electron chi connectivity index (χ0n) is 12.8. The van der Waals surface area contributed by atoms with Crippen molar-refractivity contribution in [3.63, 3.8) is 0 Å². The summed E-state index contributed by atoms with van der Waals surface area (Å²) < 4.78 is 12.4. The van der Waals surface area contributed by atoms with Crippen molar-refractivity contribution in [2.24, 2.45) is 0 Å². The maximum absolute atomic E-state index is 12.3. The molecule has 0 spiro atoms. The molecule has 0 unspecified atom stereocenters. The first-order valence-electron chi connectivity index (χ1n) is 6.63. The van der Waals surface area contributed by atoms with E-state index in [2.05, 4.69) is 31.9 Å². The Morgan fingerprint density at radius 2 is 1.76 bits per heavy atom. The predicted molar refractivity (Wildman–Crippen MR) is 90.4 cm³/mol. The number of carbonyl (C=O) groups is 1. The van der Waals surface area contributed by atoms with Crippen molar-refractivity contribution < 1.29 is 14.3 Å². The van der Waals surface area contributed by atoms with Gasteiger partial charge < -0.3 is 14.4 Å². The minimum absolute atomic E-state index is 0.337. The number of amides is 1. The largest absolute Gasteiger partial charge is 0.444 e. The van der Waals surface area contributed by atoms with E-state index in [9.17, 15) is 4.79 Å². The van der Waals surface area contributed by atoms with Gasteiger partial charge in [-0.3, -0.25) is 0 Å². The Labute approximate surface area is 143 Å². The Balaban J connectivity index is 2.84. The molecule has 0 N–H and O–H groups in total. The quantitative estimate of drug-likeness (QED) is 0.696. The molecule has 1 rings (SSSR count). The molecule has 0 aromatic heterocycles. The lowest BCUT2D eigenvalue weighted by Gasteiger charge is -2.27. The number of rotatable bonds is 5. The monoisotopic (exact) mass is 421 g/mol. The summed E-state index contributed by atoms with van der Waals surface area (Å²) in [7, 11) is 1.61. The zero-order chi connectivity index (χ0) is 16.0. The Morgan fingerprint density at radius 1 is 1.19 bits per heavy atom. The van der Waals surface area contributed by atoms with E-state index < -0.39 is 5.60 Å². The molecule has 0 atom stereocenters. The van der Waals surface area contributed by atoms with Gasteiger partial charge in [-0.2, -0.15) is 0 Å². The molecule has 0 heterocycles. The highest BCUT2D eigenvalue weighted by Crippen LogP contribution is 2.21. The lowest BCUT2D eigenvalue weighted by Crippen LogP contribution is -2.38. The van der Waals surface area contributed by atoms with E-state index >= 15 is 0 Å². The van der Waals surface area contributed by atoms with Crippen molar-refractivity contribution in [1.82, 2.24) is 4.90 Å². The van der Waals surface area contributed by atoms with Crippen LogP contribution in [-0.4, -0.2) is 36.9 Å². The lowest BCUT2D eigenvalue weighted by atomic mass is 10.2. The molecule has 21 heavy (non-hydrogen) atoms. The van der Waals surface area contributed by atoms with Crippen LogP contribution in [0, 0.1) is 0 Å². The van der Waals surface area contributed by atoms with Crippen LogP contribution in [0.3, 0.4) is 0 Å². The molecule has 0 saturated heterocycles. The standard InChI is InChI=1S/C15H21Br2NO3/c1-15(2,3)21-14(19)18(5-6-20-4)10-11-7-12(16)9-13(17)8-11/h7-9H,5-6,10H2,1-4H3. The highest BCUT2D eigenvalue weighted by atomic mass is 79.9. The first kappa shape index (κ1) is 18.5. The summed E-state index contributed by atoms with van der Waals surface area (Å²) in [6.45, 7) is 6.99. The molecule has 4 nitrogen and oxygen atoms in total. The van der Waals surface area contributed by atoms with Crippen LogP contribution in [0.25, 0.3) is 0 Å². The van der Waals surface area contributed by atoms with Gasteiger partial charge in [-0.05, 0) is 44.5 Å². The predicted octanol–water partition coefficient (Wildman–Crippen LogP) is 4.60. The second kappa shape index (κ2) is 8.15. The summed E-state index contributed by atoms with van der Waals surface area (Å²) in [5.74, 6) is 0. The topological polar surface area (TPSA) is 38.8 Å². The second-order valence-corrected chi connectivity index (χ2v) is 7.50. The number of carbonyl (C=O) groups excluding carboxylic acids is 1. The molecular weight excluding hydrogens is 402 g/mol. The van der Waals surface area contributed by atoms with Gasteiger partial charge in [0.05, 0.1) is 6.61 Å². The zero-order valence-corrected chi connectivity index (χ0v) is 16.0. The van der Waals surface area contributed by atoms with Crippen molar-refractivity contribution in [3.8, 4) is 0 Å². The minimum atomic E-state index is -0.514. The van der Waals surface area contributed by atoms with Gasteiger partial charge >= 0.3 is 6.09 Å². The third-order valence-electron chi connectivity index (χ3n) is 2.51. The van der Waals surface area contributed by atoms with Crippen LogP contribution in [-0.2, 0) is 16.0 Å². The number of methoxy groups -OCH3 is 1. The van der Waals surface area contributed by atoms with Gasteiger partial charge in [0.25, 0.3) is 0 Å². The lowest BCUT2D eigenvalue weighted by molar-refractivity contribution is 0.0184. The minimum Gasteiger partial charge on any atom is -0.444 e. The molecule has 0 radical (unpaired) electrons. The van der Waals surface area contributed by atoms with E-state index in [-0.39, 0.29) is 6.09 Å². The van der Waals surface area contributed by atoms with Gasteiger partial charge in [-0.25, -0.2) is 4.79 Å². The van der Waals surface area contributed by atoms with E-state index in [0.29, 0.717) is 19.7 Å². The van der Waals surface area contributed by atoms with Crippen LogP contribution in [0.2, 0.25) is 0 Å². The maximum Gasteiger partial charge on any atom is 0.410 e. The molecule has 6 heteroatoms. The molecule has 0 bridgehead atoms. The van der Waals surface area contributed by atoms with Crippen molar-refractivity contribution >= 4 is 38.0 Å². The fraction of sp³-hybridized carbons (Fsp3) is 0.533. The maximum atomic E-state index is 12.3. The van der Waals surface area contributed by atoms with Gasteiger partial charge in [-0.15, -0.1) is 0 Å². The fourth-order valence-corrected chi connectivity index (χ4v) is 3.07. The molecule has 1 amide bonds. The highest BCUT2D eigenvalue weighted by molar-refractivity contribution is 9.11. The number of nitrogens with zero attached hydrogens (tertiary/aromatic N) is 1. The number of hydrogen-bond donors (Lipinski definition) is 0. The van der Waals surface area contributed by atoms with Crippen LogP contribution < -0.4 is 0 Å². The molecule has 0 aliphatic heterocycles. The van der Waals surface area contributed by atoms with Crippen molar-refractivity contribution in [2.45, 2.75) is 32.9 Å². The van der Waals surface area contributed by atoms with E-state index in [1.54, 1.807) is 12.0 Å². The van der Waals surface area contributed by atoms with E-state index in [1.807, 2.05) is 39.0 Å². The van der Waals surface area contributed by atoms with Gasteiger partial charge in [-0.1, -0.05) is 31.9 Å². The summed E-state index contributed by atoms with van der Waals surface area (Å²) in [4.78, 5) is 13.9. The van der Waals surface area contributed by atoms with Crippen molar-refractivity contribution in [2.75, 3.05) is 20.3 Å². The van der Waals surface area contributed by atoms with Crippen LogP contribution in [0.1, 0.15) is 26.3 Å². The van der Waals surface area contributed by atoms with Gasteiger partial charge in [0.15, 0.2) is 0 Å². The molecular formula is C15H21Br2NO3. The number of benzene rings is 1. The smallest absolute Gasteiger partial charge is 0.410 e. The van der Waals surface area contributed by atoms with Crippen LogP contribution >= 0.6 is 31.9 Å². The van der Waals surface area contributed by atoms with Gasteiger partial charge in [0, 0.05) is 29.1 Å². The van der Waals surface area contributed by atoms with Crippen molar-refractivity contribution in [3.05, 3.63) is 32.7 Å². The Morgan fingerprint density at radius 3 is 2.24 bits per heavy atom. The first-order valence-corrected chi connectivity index (χ1v) is 8.21. The second-order valence-electron chi connectivity index (χ2n) is 5.67. The highest BCUT2D eigenvalue weighted by Gasteiger charge is 2.22. The Hall–Kier alpha value is -0.590. The van der Waals surface area contributed by atoms with E-state index in [1.165, 1.54) is 0 Å². The molecule has 1 aromatic carbocycles. The number of hydrogen-bond acceptors (Lipinski definition) is 3. The summed E-state index contributed by atoms with van der Waals surface area (Å²) in [6, 6.07) is 5.92.